The van der Waals surface area contributed by atoms with Crippen LogP contribution in [-0.2, 0) is 5.41 Å². The van der Waals surface area contributed by atoms with Gasteiger partial charge in [0, 0.05) is 25.2 Å². The van der Waals surface area contributed by atoms with E-state index in [0.717, 1.165) is 21.5 Å². The first-order valence-electron chi connectivity index (χ1n) is 8.24. The van der Waals surface area contributed by atoms with Crippen molar-refractivity contribution in [2.24, 2.45) is 0 Å². The van der Waals surface area contributed by atoms with Crippen molar-refractivity contribution in [3.8, 4) is 12.1 Å². The molecule has 0 N–H and O–H groups in total. The number of nitrogens with zero attached hydrogens (tertiary/aromatic N) is 4. The summed E-state index contributed by atoms with van der Waals surface area (Å²) in [5.41, 5.74) is 3.05. The van der Waals surface area contributed by atoms with Crippen molar-refractivity contribution in [3.05, 3.63) is 50.8 Å². The predicted molar refractivity (Wildman–Crippen MR) is 109 cm³/mol. The van der Waals surface area contributed by atoms with Crippen LogP contribution in [0.1, 0.15) is 32.0 Å². The zero-order valence-electron chi connectivity index (χ0n) is 15.7. The van der Waals surface area contributed by atoms with Gasteiger partial charge < -0.3 is 4.90 Å². The van der Waals surface area contributed by atoms with E-state index in [9.17, 15) is 0 Å². The molecule has 0 atom stereocenters. The van der Waals surface area contributed by atoms with Crippen LogP contribution in [0.5, 0.6) is 0 Å². The average molecular weight is 363 g/mol. The largest absolute Gasteiger partial charge is 0.378 e. The van der Waals surface area contributed by atoms with Gasteiger partial charge in [-0.25, -0.2) is 4.98 Å². The molecule has 0 aliphatic rings. The molecule has 0 saturated heterocycles. The number of aromatic nitrogens is 1. The van der Waals surface area contributed by atoms with Crippen LogP contribution in [0, 0.1) is 22.7 Å². The Bertz CT molecular complexity index is 988. The monoisotopic (exact) mass is 362 g/mol. The van der Waals surface area contributed by atoms with E-state index < -0.39 is 0 Å². The molecule has 1 aromatic carbocycles. The van der Waals surface area contributed by atoms with Gasteiger partial charge in [-0.05, 0) is 23.8 Å². The first kappa shape index (κ1) is 19.4. The Morgan fingerprint density at radius 2 is 1.73 bits per heavy atom. The molecule has 0 radical (unpaired) electrons. The first-order valence-corrected chi connectivity index (χ1v) is 9.05. The van der Waals surface area contributed by atoms with Gasteiger partial charge in [-0.15, -0.1) is 11.3 Å². The van der Waals surface area contributed by atoms with Crippen molar-refractivity contribution in [2.45, 2.75) is 26.2 Å². The molecule has 2 rings (SSSR count). The van der Waals surface area contributed by atoms with Gasteiger partial charge >= 0.3 is 0 Å². The summed E-state index contributed by atoms with van der Waals surface area (Å²) < 4.78 is 1.45. The van der Waals surface area contributed by atoms with Gasteiger partial charge in [0.1, 0.15) is 16.8 Å². The lowest BCUT2D eigenvalue weighted by Crippen LogP contribution is -2.21. The molecule has 1 heterocycles. The molecule has 0 amide bonds. The Morgan fingerprint density at radius 1 is 1.12 bits per heavy atom. The predicted octanol–water partition coefficient (Wildman–Crippen LogP) is 3.20. The van der Waals surface area contributed by atoms with E-state index in [1.165, 1.54) is 11.3 Å². The summed E-state index contributed by atoms with van der Waals surface area (Å²) in [6.07, 6.45) is 6.01. The second kappa shape index (κ2) is 7.99. The second-order valence-corrected chi connectivity index (χ2v) is 8.12. The minimum Gasteiger partial charge on any atom is -0.378 e. The van der Waals surface area contributed by atoms with Crippen LogP contribution in [-0.4, -0.2) is 19.1 Å². The number of hydrogen-bond acceptors (Lipinski definition) is 5. The highest BCUT2D eigenvalue weighted by Crippen LogP contribution is 2.17. The lowest BCUT2D eigenvalue weighted by Gasteiger charge is -2.14. The minimum absolute atomic E-state index is 0.0587. The molecule has 0 saturated carbocycles. The number of benzene rings is 1. The summed E-state index contributed by atoms with van der Waals surface area (Å²) in [7, 11) is 4.03. The van der Waals surface area contributed by atoms with Crippen LogP contribution < -0.4 is 14.1 Å². The molecular formula is C21H22N4S. The van der Waals surface area contributed by atoms with Gasteiger partial charge in [-0.3, -0.25) is 0 Å². The summed E-state index contributed by atoms with van der Waals surface area (Å²) in [6.45, 7) is 6.22. The number of hydrogen-bond donors (Lipinski definition) is 0. The Labute approximate surface area is 158 Å². The van der Waals surface area contributed by atoms with E-state index in [1.54, 1.807) is 0 Å². The number of anilines is 1. The number of rotatable bonds is 3. The summed E-state index contributed by atoms with van der Waals surface area (Å²) >= 11 is 1.38. The van der Waals surface area contributed by atoms with Gasteiger partial charge in [0.2, 0.25) is 0 Å². The normalized spacial score (nSPS) is 12.0. The highest BCUT2D eigenvalue weighted by atomic mass is 32.1. The van der Waals surface area contributed by atoms with Crippen LogP contribution in [0.15, 0.2) is 30.3 Å². The van der Waals surface area contributed by atoms with E-state index in [2.05, 4.69) is 54.9 Å². The highest BCUT2D eigenvalue weighted by Gasteiger charge is 2.19. The lowest BCUT2D eigenvalue weighted by atomic mass is 9.92. The van der Waals surface area contributed by atoms with E-state index in [-0.39, 0.29) is 11.0 Å². The molecule has 2 aromatic rings. The maximum atomic E-state index is 9.10. The zero-order valence-corrected chi connectivity index (χ0v) is 16.6. The summed E-state index contributed by atoms with van der Waals surface area (Å²) in [4.78, 5) is 6.61. The van der Waals surface area contributed by atoms with Crippen molar-refractivity contribution in [1.82, 2.24) is 4.98 Å². The summed E-state index contributed by atoms with van der Waals surface area (Å²) in [5, 5.41) is 18.2. The zero-order chi connectivity index (χ0) is 19.3. The molecule has 0 aliphatic carbocycles. The summed E-state index contributed by atoms with van der Waals surface area (Å²) in [5.74, 6) is 0. The number of allylic oxidation sites excluding steroid dienone is 1. The van der Waals surface area contributed by atoms with Crippen molar-refractivity contribution < 1.29 is 0 Å². The van der Waals surface area contributed by atoms with Crippen molar-refractivity contribution in [1.29, 1.82) is 10.5 Å². The van der Waals surface area contributed by atoms with E-state index in [0.29, 0.717) is 4.66 Å². The van der Waals surface area contributed by atoms with Crippen LogP contribution >= 0.6 is 11.3 Å². The smallest absolute Gasteiger partial charge is 0.165 e. The molecule has 0 bridgehead atoms. The van der Waals surface area contributed by atoms with E-state index in [1.807, 2.05) is 44.5 Å². The van der Waals surface area contributed by atoms with E-state index >= 15 is 0 Å². The number of nitriles is 2. The maximum Gasteiger partial charge on any atom is 0.165 e. The Balaban J connectivity index is 2.46. The third-order valence-corrected chi connectivity index (χ3v) is 4.79. The minimum atomic E-state index is -0.169. The molecular weight excluding hydrogens is 340 g/mol. The second-order valence-electron chi connectivity index (χ2n) is 7.09. The van der Waals surface area contributed by atoms with Crippen LogP contribution in [0.4, 0.5) is 5.69 Å². The summed E-state index contributed by atoms with van der Waals surface area (Å²) in [6, 6.07) is 12.1. The molecule has 26 heavy (non-hydrogen) atoms. The first-order chi connectivity index (χ1) is 12.3. The number of thiazole rings is 1. The topological polar surface area (TPSA) is 63.7 Å². The molecule has 1 aromatic heterocycles. The molecule has 5 heteroatoms. The molecule has 0 aliphatic heterocycles. The van der Waals surface area contributed by atoms with Crippen molar-refractivity contribution >= 4 is 34.7 Å². The van der Waals surface area contributed by atoms with E-state index in [4.69, 9.17) is 10.5 Å². The van der Waals surface area contributed by atoms with Gasteiger partial charge in [-0.2, -0.15) is 10.5 Å². The fourth-order valence-corrected chi connectivity index (χ4v) is 3.47. The Hall–Kier alpha value is -2.89. The van der Waals surface area contributed by atoms with Crippen LogP contribution in [0.2, 0.25) is 0 Å². The highest BCUT2D eigenvalue weighted by molar-refractivity contribution is 7.07. The maximum absolute atomic E-state index is 9.10. The molecule has 132 valence electrons. The third kappa shape index (κ3) is 4.59. The SMILES string of the molecule is CN(C)c1ccc(/C=C/C=c2/sc(=C(C#N)C#N)nc2C(C)(C)C)cc1. The Kier molecular flexibility index (Phi) is 5.97. The quantitative estimate of drug-likeness (QED) is 0.841. The van der Waals surface area contributed by atoms with Crippen molar-refractivity contribution in [3.63, 3.8) is 0 Å². The fraction of sp³-hybridized carbons (Fsp3) is 0.286. The molecule has 0 fully saturated rings. The fourth-order valence-electron chi connectivity index (χ4n) is 2.34. The van der Waals surface area contributed by atoms with Crippen molar-refractivity contribution in [2.75, 3.05) is 19.0 Å². The molecule has 4 nitrogen and oxygen atoms in total. The third-order valence-electron chi connectivity index (χ3n) is 3.75. The molecule has 0 unspecified atom stereocenters. The molecule has 0 spiro atoms. The van der Waals surface area contributed by atoms with Gasteiger partial charge in [0.25, 0.3) is 0 Å². The standard InChI is InChI=1S/C21H22N4S/c1-21(2,3)19-18(26-20(24-19)16(13-22)14-23)8-6-7-15-9-11-17(12-10-15)25(4)5/h6-12H,1-5H3/b7-6+,18-8+. The van der Waals surface area contributed by atoms with Gasteiger partial charge in [0.15, 0.2) is 5.57 Å². The lowest BCUT2D eigenvalue weighted by molar-refractivity contribution is 0.568. The average Bonchev–Trinajstić information content (AvgIpc) is 3.01. The van der Waals surface area contributed by atoms with Crippen LogP contribution in [0.25, 0.3) is 17.7 Å². The van der Waals surface area contributed by atoms with Crippen LogP contribution in [0.3, 0.4) is 0 Å². The van der Waals surface area contributed by atoms with Gasteiger partial charge in [-0.1, -0.05) is 45.1 Å². The van der Waals surface area contributed by atoms with Gasteiger partial charge in [0.05, 0.1) is 10.2 Å². The Morgan fingerprint density at radius 3 is 2.23 bits per heavy atom.